The van der Waals surface area contributed by atoms with E-state index in [0.29, 0.717) is 5.82 Å². The Hall–Kier alpha value is -1.67. The topological polar surface area (TPSA) is 94.5 Å². The van der Waals surface area contributed by atoms with Crippen LogP contribution in [-0.4, -0.2) is 24.7 Å². The predicted molar refractivity (Wildman–Crippen MR) is 69.1 cm³/mol. The normalized spacial score (nSPS) is 10.7. The van der Waals surface area contributed by atoms with Gasteiger partial charge in [0.05, 0.1) is 0 Å². The summed E-state index contributed by atoms with van der Waals surface area (Å²) in [7, 11) is 1.92. The molecule has 2 aromatic rings. The van der Waals surface area contributed by atoms with Crippen LogP contribution in [0, 0.1) is 6.92 Å². The number of nitrogen functional groups attached to an aromatic ring is 1. The summed E-state index contributed by atoms with van der Waals surface area (Å²) in [6, 6.07) is 0. The molecule has 96 valence electrons. The fourth-order valence-corrected chi connectivity index (χ4v) is 2.48. The van der Waals surface area contributed by atoms with Crippen molar-refractivity contribution in [1.82, 2.24) is 24.7 Å². The number of aromatic nitrogens is 5. The van der Waals surface area contributed by atoms with Gasteiger partial charge in [-0.15, -0.1) is 10.2 Å². The van der Waals surface area contributed by atoms with E-state index >= 15 is 0 Å². The number of nitrogens with two attached hydrogens (primary N) is 1. The van der Waals surface area contributed by atoms with Crippen molar-refractivity contribution in [2.24, 2.45) is 12.9 Å². The predicted octanol–water partition coefficient (Wildman–Crippen LogP) is 0.913. The third kappa shape index (κ3) is 2.29. The molecule has 0 aliphatic heterocycles. The van der Waals surface area contributed by atoms with Gasteiger partial charge in [-0.25, -0.2) is 15.8 Å². The molecule has 0 aromatic carbocycles. The fraction of sp³-hybridized carbons (Fsp3) is 0.400. The van der Waals surface area contributed by atoms with Crippen molar-refractivity contribution in [3.8, 4) is 0 Å². The molecule has 0 amide bonds. The van der Waals surface area contributed by atoms with Crippen LogP contribution in [0.1, 0.15) is 18.3 Å². The van der Waals surface area contributed by atoms with Crippen LogP contribution in [0.25, 0.3) is 0 Å². The third-order valence-electron chi connectivity index (χ3n) is 2.64. The summed E-state index contributed by atoms with van der Waals surface area (Å²) in [6.07, 6.45) is 2.28. The number of hydrogen-bond donors (Lipinski definition) is 2. The summed E-state index contributed by atoms with van der Waals surface area (Å²) in [5.74, 6) is 6.95. The van der Waals surface area contributed by atoms with Gasteiger partial charge in [0.2, 0.25) is 0 Å². The molecule has 0 spiro atoms. The average Bonchev–Trinajstić information content (AvgIpc) is 2.70. The Morgan fingerprint density at radius 2 is 2.17 bits per heavy atom. The first-order valence-electron chi connectivity index (χ1n) is 5.51. The molecule has 2 rings (SSSR count). The van der Waals surface area contributed by atoms with Gasteiger partial charge in [0, 0.05) is 12.6 Å². The van der Waals surface area contributed by atoms with E-state index in [1.807, 2.05) is 25.5 Å². The Morgan fingerprint density at radius 3 is 2.72 bits per heavy atom. The minimum absolute atomic E-state index is 0.647. The highest BCUT2D eigenvalue weighted by atomic mass is 32.2. The lowest BCUT2D eigenvalue weighted by atomic mass is 10.2. The van der Waals surface area contributed by atoms with Gasteiger partial charge in [-0.05, 0) is 25.1 Å². The fourth-order valence-electron chi connectivity index (χ4n) is 1.49. The summed E-state index contributed by atoms with van der Waals surface area (Å²) in [4.78, 5) is 8.37. The molecule has 0 aliphatic rings. The van der Waals surface area contributed by atoms with Gasteiger partial charge < -0.3 is 9.99 Å². The molecule has 0 fully saturated rings. The second kappa shape index (κ2) is 5.32. The first kappa shape index (κ1) is 12.8. The van der Waals surface area contributed by atoms with E-state index < -0.39 is 0 Å². The molecule has 2 aromatic heterocycles. The molecule has 7 nitrogen and oxygen atoms in total. The number of nitrogens with zero attached hydrogens (tertiary/aromatic N) is 5. The molecule has 0 bridgehead atoms. The van der Waals surface area contributed by atoms with Crippen molar-refractivity contribution in [2.45, 2.75) is 30.5 Å². The van der Waals surface area contributed by atoms with Crippen molar-refractivity contribution < 1.29 is 0 Å². The number of anilines is 1. The van der Waals surface area contributed by atoms with Crippen molar-refractivity contribution >= 4 is 17.6 Å². The lowest BCUT2D eigenvalue weighted by Crippen LogP contribution is -2.12. The first-order chi connectivity index (χ1) is 8.67. The third-order valence-corrected chi connectivity index (χ3v) is 3.72. The molecule has 0 saturated carbocycles. The van der Waals surface area contributed by atoms with Gasteiger partial charge in [-0.1, -0.05) is 6.92 Å². The number of rotatable bonds is 4. The maximum Gasteiger partial charge on any atom is 0.197 e. The van der Waals surface area contributed by atoms with E-state index in [1.54, 1.807) is 0 Å². The number of nitrogens with one attached hydrogen (secondary N) is 1. The molecular formula is C10H15N7S. The number of hydrogen-bond acceptors (Lipinski definition) is 7. The van der Waals surface area contributed by atoms with Crippen LogP contribution in [0.3, 0.4) is 0 Å². The van der Waals surface area contributed by atoms with E-state index in [2.05, 4.69) is 25.6 Å². The van der Waals surface area contributed by atoms with Crippen LogP contribution < -0.4 is 11.3 Å². The Kier molecular flexibility index (Phi) is 3.78. The van der Waals surface area contributed by atoms with Gasteiger partial charge in [0.15, 0.2) is 5.16 Å². The summed E-state index contributed by atoms with van der Waals surface area (Å²) < 4.78 is 1.92. The van der Waals surface area contributed by atoms with E-state index in [4.69, 9.17) is 5.84 Å². The molecule has 8 heteroatoms. The molecule has 18 heavy (non-hydrogen) atoms. The van der Waals surface area contributed by atoms with Gasteiger partial charge in [-0.3, -0.25) is 0 Å². The van der Waals surface area contributed by atoms with Crippen LogP contribution >= 0.6 is 11.8 Å². The van der Waals surface area contributed by atoms with Crippen LogP contribution in [0.15, 0.2) is 16.5 Å². The van der Waals surface area contributed by atoms with Crippen molar-refractivity contribution in [2.75, 3.05) is 5.43 Å². The van der Waals surface area contributed by atoms with Crippen LogP contribution in [-0.2, 0) is 13.5 Å². The minimum atomic E-state index is 0.647. The zero-order chi connectivity index (χ0) is 13.1. The lowest BCUT2D eigenvalue weighted by molar-refractivity contribution is 0.763. The van der Waals surface area contributed by atoms with E-state index in [0.717, 1.165) is 28.0 Å². The molecule has 0 saturated heterocycles. The smallest absolute Gasteiger partial charge is 0.197 e. The second-order valence-electron chi connectivity index (χ2n) is 3.69. The number of hydrazine groups is 1. The summed E-state index contributed by atoms with van der Waals surface area (Å²) in [6.45, 7) is 3.94. The summed E-state index contributed by atoms with van der Waals surface area (Å²) >= 11 is 1.46. The Bertz CT molecular complexity index is 551. The molecule has 0 radical (unpaired) electrons. The standard InChI is InChI=1S/C10H15N7S/c1-4-7-8(14-11)12-5-13-9(7)18-10-16-15-6(2)17(10)3/h5H,4,11H2,1-3H3,(H,12,13,14). The highest BCUT2D eigenvalue weighted by Crippen LogP contribution is 2.29. The van der Waals surface area contributed by atoms with Crippen molar-refractivity contribution in [1.29, 1.82) is 0 Å². The molecule has 0 unspecified atom stereocenters. The number of aryl methyl sites for hydroxylation is 1. The average molecular weight is 265 g/mol. The minimum Gasteiger partial charge on any atom is -0.309 e. The SMILES string of the molecule is CCc1c(NN)ncnc1Sc1nnc(C)n1C. The molecular weight excluding hydrogens is 250 g/mol. The zero-order valence-corrected chi connectivity index (χ0v) is 11.3. The van der Waals surface area contributed by atoms with Crippen molar-refractivity contribution in [3.63, 3.8) is 0 Å². The molecule has 0 atom stereocenters. The first-order valence-corrected chi connectivity index (χ1v) is 6.33. The molecule has 2 heterocycles. The van der Waals surface area contributed by atoms with Gasteiger partial charge >= 0.3 is 0 Å². The van der Waals surface area contributed by atoms with Crippen LogP contribution in [0.2, 0.25) is 0 Å². The summed E-state index contributed by atoms with van der Waals surface area (Å²) in [5, 5.41) is 9.76. The largest absolute Gasteiger partial charge is 0.309 e. The lowest BCUT2D eigenvalue weighted by Gasteiger charge is -2.09. The highest BCUT2D eigenvalue weighted by Gasteiger charge is 2.14. The molecule has 3 N–H and O–H groups in total. The maximum atomic E-state index is 5.44. The monoisotopic (exact) mass is 265 g/mol. The second-order valence-corrected chi connectivity index (χ2v) is 4.65. The van der Waals surface area contributed by atoms with Gasteiger partial charge in [0.1, 0.15) is 23.0 Å². The Labute approximate surface area is 109 Å². The Balaban J connectivity index is 2.37. The Morgan fingerprint density at radius 1 is 1.39 bits per heavy atom. The molecule has 0 aliphatic carbocycles. The van der Waals surface area contributed by atoms with Gasteiger partial charge in [-0.2, -0.15) is 0 Å². The van der Waals surface area contributed by atoms with E-state index in [-0.39, 0.29) is 0 Å². The zero-order valence-electron chi connectivity index (χ0n) is 10.5. The van der Waals surface area contributed by atoms with Crippen molar-refractivity contribution in [3.05, 3.63) is 17.7 Å². The summed E-state index contributed by atoms with van der Waals surface area (Å²) in [5.41, 5.74) is 3.56. The quantitative estimate of drug-likeness (QED) is 0.482. The highest BCUT2D eigenvalue weighted by molar-refractivity contribution is 7.99. The van der Waals surface area contributed by atoms with E-state index in [1.165, 1.54) is 18.1 Å². The maximum absolute atomic E-state index is 5.44. The van der Waals surface area contributed by atoms with E-state index in [9.17, 15) is 0 Å². The van der Waals surface area contributed by atoms with Crippen LogP contribution in [0.4, 0.5) is 5.82 Å². The van der Waals surface area contributed by atoms with Gasteiger partial charge in [0.25, 0.3) is 0 Å². The van der Waals surface area contributed by atoms with Crippen LogP contribution in [0.5, 0.6) is 0 Å².